The van der Waals surface area contributed by atoms with Crippen molar-refractivity contribution in [2.75, 3.05) is 57.3 Å². The first-order chi connectivity index (χ1) is 22.3. The van der Waals surface area contributed by atoms with Crippen molar-refractivity contribution in [1.29, 1.82) is 0 Å². The Morgan fingerprint density at radius 2 is 1.61 bits per heavy atom. The number of sulfonamides is 1. The number of rotatable bonds is 10. The molecule has 3 aliphatic rings. The Balaban J connectivity index is 0.992. The number of anilines is 1. The summed E-state index contributed by atoms with van der Waals surface area (Å²) in [4.78, 5) is 30.2. The number of halogens is 1. The van der Waals surface area contributed by atoms with Crippen molar-refractivity contribution in [2.45, 2.75) is 37.4 Å². The lowest BCUT2D eigenvalue weighted by molar-refractivity contribution is -0.121. The number of nitrogens with zero attached hydrogens (tertiary/aromatic N) is 3. The zero-order valence-electron chi connectivity index (χ0n) is 25.9. The van der Waals surface area contributed by atoms with Crippen LogP contribution in [0.5, 0.6) is 5.75 Å². The molecule has 3 aliphatic heterocycles. The summed E-state index contributed by atoms with van der Waals surface area (Å²) >= 11 is 6.36. The summed E-state index contributed by atoms with van der Waals surface area (Å²) in [6.07, 6.45) is 3.23. The van der Waals surface area contributed by atoms with Crippen LogP contribution in [0.2, 0.25) is 5.02 Å². The van der Waals surface area contributed by atoms with E-state index in [-0.39, 0.29) is 36.0 Å². The van der Waals surface area contributed by atoms with Gasteiger partial charge in [0.15, 0.2) is 6.61 Å². The molecule has 0 radical (unpaired) electrons. The van der Waals surface area contributed by atoms with E-state index in [0.29, 0.717) is 49.6 Å². The minimum atomic E-state index is -3.38. The number of likely N-dealkylation sites (tertiary alicyclic amines) is 1. The molecule has 6 rings (SSSR count). The molecule has 3 aromatic carbocycles. The Morgan fingerprint density at radius 1 is 0.891 bits per heavy atom. The van der Waals surface area contributed by atoms with Gasteiger partial charge in [0.05, 0.1) is 11.4 Å². The van der Waals surface area contributed by atoms with Crippen LogP contribution in [0.25, 0.3) is 0 Å². The number of ether oxygens (including phenoxy) is 1. The number of fused-ring (bicyclic) bond motifs is 1. The smallest absolute Gasteiger partial charge is 0.265 e. The highest BCUT2D eigenvalue weighted by Gasteiger charge is 2.30. The predicted molar refractivity (Wildman–Crippen MR) is 180 cm³/mol. The topological polar surface area (TPSA) is 99.3 Å². The van der Waals surface area contributed by atoms with Crippen LogP contribution >= 0.6 is 11.6 Å². The molecule has 11 heteroatoms. The molecule has 0 aromatic heterocycles. The molecule has 0 bridgehead atoms. The van der Waals surface area contributed by atoms with Crippen molar-refractivity contribution in [3.05, 3.63) is 94.5 Å². The third kappa shape index (κ3) is 7.74. The maximum absolute atomic E-state index is 13.5. The first-order valence-corrected chi connectivity index (χ1v) is 18.1. The van der Waals surface area contributed by atoms with Gasteiger partial charge in [-0.2, -0.15) is 0 Å². The van der Waals surface area contributed by atoms with Gasteiger partial charge in [0.1, 0.15) is 5.75 Å². The standard InChI is InChI=1S/C35H41ClN4O5S/c36-29-10-11-30(28-14-16-38(17-15-28)20-21-40-32-8-4-5-9-33(32)45-24-34(40)41)31(22-29)35(42)37-23-26-12-18-39(19-13-26)46(43,44)25-27-6-2-1-3-7-27/h1-11,22,26,28H,12-21,23-25H2,(H,37,42). The predicted octanol–water partition coefficient (Wildman–Crippen LogP) is 4.92. The fourth-order valence-corrected chi connectivity index (χ4v) is 8.52. The van der Waals surface area contributed by atoms with E-state index in [9.17, 15) is 18.0 Å². The maximum atomic E-state index is 13.5. The van der Waals surface area contributed by atoms with Crippen LogP contribution in [0.3, 0.4) is 0 Å². The molecular weight excluding hydrogens is 624 g/mol. The third-order valence-electron chi connectivity index (χ3n) is 9.45. The van der Waals surface area contributed by atoms with Crippen LogP contribution in [0.4, 0.5) is 5.69 Å². The van der Waals surface area contributed by atoms with Gasteiger partial charge in [-0.15, -0.1) is 0 Å². The maximum Gasteiger partial charge on any atom is 0.265 e. The van der Waals surface area contributed by atoms with Gasteiger partial charge in [-0.05, 0) is 86.0 Å². The molecule has 2 amide bonds. The Hall–Kier alpha value is -3.44. The molecule has 0 aliphatic carbocycles. The Labute approximate surface area is 276 Å². The van der Waals surface area contributed by atoms with Crippen molar-refractivity contribution in [3.63, 3.8) is 0 Å². The van der Waals surface area contributed by atoms with Crippen molar-refractivity contribution in [2.24, 2.45) is 5.92 Å². The number of para-hydroxylation sites is 2. The number of amides is 2. The number of benzene rings is 3. The highest BCUT2D eigenvalue weighted by molar-refractivity contribution is 7.88. The fraction of sp³-hybridized carbons (Fsp3) is 0.429. The van der Waals surface area contributed by atoms with Gasteiger partial charge in [0.2, 0.25) is 10.0 Å². The molecule has 46 heavy (non-hydrogen) atoms. The molecule has 3 heterocycles. The van der Waals surface area contributed by atoms with Crippen molar-refractivity contribution >= 4 is 39.1 Å². The van der Waals surface area contributed by atoms with Gasteiger partial charge in [0.25, 0.3) is 11.8 Å². The number of hydrogen-bond acceptors (Lipinski definition) is 6. The molecule has 0 atom stereocenters. The van der Waals surface area contributed by atoms with Crippen LogP contribution in [0.1, 0.15) is 53.1 Å². The van der Waals surface area contributed by atoms with E-state index in [4.69, 9.17) is 16.3 Å². The van der Waals surface area contributed by atoms with E-state index < -0.39 is 10.0 Å². The number of piperidine rings is 2. The highest BCUT2D eigenvalue weighted by Crippen LogP contribution is 2.34. The van der Waals surface area contributed by atoms with E-state index >= 15 is 0 Å². The number of carbonyl (C=O) groups is 2. The summed E-state index contributed by atoms with van der Waals surface area (Å²) in [6, 6.07) is 22.5. The lowest BCUT2D eigenvalue weighted by atomic mass is 9.86. The second-order valence-electron chi connectivity index (χ2n) is 12.4. The Kier molecular flexibility index (Phi) is 10.3. The lowest BCUT2D eigenvalue weighted by Crippen LogP contribution is -2.45. The van der Waals surface area contributed by atoms with Gasteiger partial charge in [-0.25, -0.2) is 12.7 Å². The van der Waals surface area contributed by atoms with Gasteiger partial charge in [0, 0.05) is 43.3 Å². The van der Waals surface area contributed by atoms with E-state index in [1.165, 1.54) is 0 Å². The van der Waals surface area contributed by atoms with Crippen molar-refractivity contribution < 1.29 is 22.7 Å². The average molecular weight is 665 g/mol. The van der Waals surface area contributed by atoms with E-state index in [2.05, 4.69) is 10.2 Å². The summed E-state index contributed by atoms with van der Waals surface area (Å²) in [5.41, 5.74) is 3.24. The second-order valence-corrected chi connectivity index (χ2v) is 14.8. The molecule has 244 valence electrons. The zero-order valence-corrected chi connectivity index (χ0v) is 27.5. The summed E-state index contributed by atoms with van der Waals surface area (Å²) in [6.45, 7) is 4.62. The van der Waals surface area contributed by atoms with Gasteiger partial charge in [-0.3, -0.25) is 9.59 Å². The summed E-state index contributed by atoms with van der Waals surface area (Å²) in [5, 5.41) is 3.65. The fourth-order valence-electron chi connectivity index (χ4n) is 6.79. The molecule has 0 saturated carbocycles. The van der Waals surface area contributed by atoms with Crippen LogP contribution in [-0.2, 0) is 20.6 Å². The molecule has 9 nitrogen and oxygen atoms in total. The number of hydrogen-bond donors (Lipinski definition) is 1. The summed E-state index contributed by atoms with van der Waals surface area (Å²) in [5.74, 6) is 1.04. The van der Waals surface area contributed by atoms with Gasteiger partial charge >= 0.3 is 0 Å². The second kappa shape index (κ2) is 14.5. The summed E-state index contributed by atoms with van der Waals surface area (Å²) < 4.78 is 33.0. The van der Waals surface area contributed by atoms with Gasteiger partial charge < -0.3 is 19.9 Å². The molecule has 3 aromatic rings. The van der Waals surface area contributed by atoms with Crippen LogP contribution in [-0.4, -0.2) is 81.9 Å². The molecule has 1 N–H and O–H groups in total. The first kappa shape index (κ1) is 32.5. The molecule has 2 fully saturated rings. The van der Waals surface area contributed by atoms with Crippen LogP contribution < -0.4 is 15.0 Å². The normalized spacial score (nSPS) is 18.6. The van der Waals surface area contributed by atoms with Crippen LogP contribution in [0.15, 0.2) is 72.8 Å². The highest BCUT2D eigenvalue weighted by atomic mass is 35.5. The molecule has 0 spiro atoms. The van der Waals surface area contributed by atoms with Crippen molar-refractivity contribution in [3.8, 4) is 5.75 Å². The largest absolute Gasteiger partial charge is 0.482 e. The molecule has 2 saturated heterocycles. The molecule has 0 unspecified atom stereocenters. The number of nitrogens with one attached hydrogen (secondary N) is 1. The Morgan fingerprint density at radius 3 is 2.37 bits per heavy atom. The van der Waals surface area contributed by atoms with E-state index in [0.717, 1.165) is 55.0 Å². The lowest BCUT2D eigenvalue weighted by Gasteiger charge is -2.35. The van der Waals surface area contributed by atoms with E-state index in [1.54, 1.807) is 10.4 Å². The monoisotopic (exact) mass is 664 g/mol. The Bertz CT molecular complexity index is 1640. The quantitative estimate of drug-likeness (QED) is 0.331. The first-order valence-electron chi connectivity index (χ1n) is 16.1. The molecular formula is C35H41ClN4O5S. The van der Waals surface area contributed by atoms with Gasteiger partial charge in [-0.1, -0.05) is 60.1 Å². The van der Waals surface area contributed by atoms with Crippen molar-refractivity contribution in [1.82, 2.24) is 14.5 Å². The van der Waals surface area contributed by atoms with E-state index in [1.807, 2.05) is 71.6 Å². The van der Waals surface area contributed by atoms with Crippen LogP contribution in [0, 0.1) is 5.92 Å². The minimum absolute atomic E-state index is 0.00773. The average Bonchev–Trinajstić information content (AvgIpc) is 3.07. The number of carbonyl (C=O) groups excluding carboxylic acids is 2. The zero-order chi connectivity index (χ0) is 32.1. The minimum Gasteiger partial charge on any atom is -0.482 e. The summed E-state index contributed by atoms with van der Waals surface area (Å²) in [7, 11) is -3.38. The SMILES string of the molecule is O=C(NCC1CCN(S(=O)(=O)Cc2ccccc2)CC1)c1cc(Cl)ccc1C1CCN(CCN2C(=O)COc3ccccc32)CC1. The third-order valence-corrected chi connectivity index (χ3v) is 11.5.